The van der Waals surface area contributed by atoms with Gasteiger partial charge in [-0.15, -0.1) is 0 Å². The second kappa shape index (κ2) is 12.4. The average Bonchev–Trinajstić information content (AvgIpc) is 3.50. The molecule has 0 radical (unpaired) electrons. The van der Waals surface area contributed by atoms with Gasteiger partial charge in [-0.1, -0.05) is 60.7 Å². The molecule has 8 heteroatoms. The molecular weight excluding hydrogens is 536 g/mol. The molecule has 0 saturated carbocycles. The minimum atomic E-state index is 0.0596. The van der Waals surface area contributed by atoms with E-state index in [1.165, 1.54) is 11.1 Å². The van der Waals surface area contributed by atoms with Crippen LogP contribution in [0.1, 0.15) is 11.1 Å². The normalized spacial score (nSPS) is 12.0. The Morgan fingerprint density at radius 2 is 1.63 bits per heavy atom. The van der Waals surface area contributed by atoms with Crippen LogP contribution in [-0.4, -0.2) is 72.7 Å². The number of likely N-dealkylation sites (N-methyl/N-ethyl adjacent to an activating group) is 2. The van der Waals surface area contributed by atoms with E-state index in [4.69, 9.17) is 14.7 Å². The molecule has 216 valence electrons. The highest BCUT2D eigenvalue weighted by atomic mass is 16.5. The van der Waals surface area contributed by atoms with Crippen LogP contribution in [0, 0.1) is 0 Å². The number of fused-ring (bicyclic) bond motifs is 2. The zero-order valence-electron chi connectivity index (χ0n) is 24.6. The molecule has 0 atom stereocenters. The van der Waals surface area contributed by atoms with E-state index in [-0.39, 0.29) is 5.91 Å². The molecule has 1 N–H and O–H groups in total. The maximum atomic E-state index is 12.0. The minimum absolute atomic E-state index is 0.0596. The summed E-state index contributed by atoms with van der Waals surface area (Å²) in [5.74, 6) is 2.11. The first-order valence-corrected chi connectivity index (χ1v) is 14.3. The molecule has 8 nitrogen and oxygen atoms in total. The lowest BCUT2D eigenvalue weighted by atomic mass is 10.0. The summed E-state index contributed by atoms with van der Waals surface area (Å²) < 4.78 is 6.10. The molecule has 1 amide bonds. The summed E-state index contributed by atoms with van der Waals surface area (Å²) in [6, 6.07) is 30.8. The van der Waals surface area contributed by atoms with Gasteiger partial charge in [0.15, 0.2) is 5.82 Å². The number of amides is 1. The van der Waals surface area contributed by atoms with Crippen molar-refractivity contribution in [3.8, 4) is 28.3 Å². The highest BCUT2D eigenvalue weighted by Gasteiger charge is 2.14. The Morgan fingerprint density at radius 1 is 0.860 bits per heavy atom. The van der Waals surface area contributed by atoms with Crippen LogP contribution in [0.4, 0.5) is 11.5 Å². The van der Waals surface area contributed by atoms with Gasteiger partial charge in [-0.2, -0.15) is 0 Å². The summed E-state index contributed by atoms with van der Waals surface area (Å²) in [6.07, 6.45) is 1.91. The predicted octanol–water partition coefficient (Wildman–Crippen LogP) is 6.04. The van der Waals surface area contributed by atoms with E-state index in [2.05, 4.69) is 64.9 Å². The molecule has 1 aliphatic heterocycles. The smallest absolute Gasteiger partial charge is 0.236 e. The summed E-state index contributed by atoms with van der Waals surface area (Å²) in [6.45, 7) is 2.13. The fourth-order valence-electron chi connectivity index (χ4n) is 4.95. The molecule has 4 aromatic carbocycles. The first kappa shape index (κ1) is 28.1. The number of nitrogens with one attached hydrogen (secondary N) is 1. The maximum absolute atomic E-state index is 12.0. The molecule has 0 bridgehead atoms. The van der Waals surface area contributed by atoms with Gasteiger partial charge in [0, 0.05) is 43.5 Å². The third-order valence-electron chi connectivity index (χ3n) is 7.46. The molecule has 0 aliphatic carbocycles. The van der Waals surface area contributed by atoms with Crippen molar-refractivity contribution in [1.82, 2.24) is 19.8 Å². The Bertz CT molecular complexity index is 1780. The van der Waals surface area contributed by atoms with E-state index in [0.717, 1.165) is 33.3 Å². The zero-order valence-corrected chi connectivity index (χ0v) is 24.6. The van der Waals surface area contributed by atoms with Gasteiger partial charge in [0.05, 0.1) is 18.6 Å². The standard InChI is InChI=1S/C35H34N6O2/c1-40(2)33(42)23-41(3)17-18-43-30-15-16-32-31(20-30)35(37-29-14-13-27-21-36-22-28(27)19-29)39-34(38-32)26-11-9-25(10-12-26)24-7-5-4-6-8-24/h4-16,19-20,22H,17-18,21,23H2,1-3H3,(H,37,38,39). The molecule has 43 heavy (non-hydrogen) atoms. The Hall–Kier alpha value is -5.08. The van der Waals surface area contributed by atoms with Crippen LogP contribution in [0.15, 0.2) is 96.0 Å². The van der Waals surface area contributed by atoms with Crippen LogP contribution in [0.5, 0.6) is 5.75 Å². The number of aromatic nitrogens is 2. The topological polar surface area (TPSA) is 83.0 Å². The van der Waals surface area contributed by atoms with Gasteiger partial charge in [0.1, 0.15) is 18.2 Å². The van der Waals surface area contributed by atoms with Gasteiger partial charge < -0.3 is 15.0 Å². The molecular formula is C35H34N6O2. The van der Waals surface area contributed by atoms with Crippen molar-refractivity contribution in [2.24, 2.45) is 4.99 Å². The van der Waals surface area contributed by atoms with Crippen molar-refractivity contribution < 1.29 is 9.53 Å². The number of hydrogen-bond donors (Lipinski definition) is 1. The molecule has 0 spiro atoms. The van der Waals surface area contributed by atoms with Gasteiger partial charge in [0.2, 0.25) is 5.91 Å². The molecule has 1 aromatic heterocycles. The van der Waals surface area contributed by atoms with Gasteiger partial charge in [-0.05, 0) is 59.6 Å². The van der Waals surface area contributed by atoms with Crippen LogP contribution in [0.25, 0.3) is 33.4 Å². The van der Waals surface area contributed by atoms with E-state index >= 15 is 0 Å². The van der Waals surface area contributed by atoms with E-state index in [1.54, 1.807) is 19.0 Å². The average molecular weight is 571 g/mol. The van der Waals surface area contributed by atoms with Crippen molar-refractivity contribution in [1.29, 1.82) is 0 Å². The van der Waals surface area contributed by atoms with Gasteiger partial charge in [-0.25, -0.2) is 9.97 Å². The zero-order chi connectivity index (χ0) is 29.8. The molecule has 0 unspecified atom stereocenters. The lowest BCUT2D eigenvalue weighted by molar-refractivity contribution is -0.129. The molecule has 2 heterocycles. The first-order valence-electron chi connectivity index (χ1n) is 14.3. The van der Waals surface area contributed by atoms with Crippen LogP contribution in [-0.2, 0) is 11.3 Å². The second-order valence-electron chi connectivity index (χ2n) is 10.9. The van der Waals surface area contributed by atoms with Crippen molar-refractivity contribution >= 4 is 34.5 Å². The largest absolute Gasteiger partial charge is 0.492 e. The quantitative estimate of drug-likeness (QED) is 0.221. The first-order chi connectivity index (χ1) is 20.9. The van der Waals surface area contributed by atoms with Gasteiger partial charge in [-0.3, -0.25) is 14.7 Å². The Kier molecular flexibility index (Phi) is 8.11. The highest BCUT2D eigenvalue weighted by molar-refractivity contribution is 5.94. The Balaban J connectivity index is 1.29. The van der Waals surface area contributed by atoms with Gasteiger partial charge >= 0.3 is 0 Å². The number of hydrogen-bond acceptors (Lipinski definition) is 7. The van der Waals surface area contributed by atoms with Crippen LogP contribution < -0.4 is 10.1 Å². The molecule has 0 saturated heterocycles. The van der Waals surface area contributed by atoms with Crippen LogP contribution in [0.2, 0.25) is 0 Å². The molecule has 5 aromatic rings. The summed E-state index contributed by atoms with van der Waals surface area (Å²) in [4.78, 5) is 29.9. The van der Waals surface area contributed by atoms with E-state index in [1.807, 2.05) is 54.6 Å². The summed E-state index contributed by atoms with van der Waals surface area (Å²) >= 11 is 0. The van der Waals surface area contributed by atoms with E-state index in [9.17, 15) is 4.79 Å². The lowest BCUT2D eigenvalue weighted by Crippen LogP contribution is -2.36. The molecule has 6 rings (SSSR count). The number of anilines is 2. The Labute approximate surface area is 251 Å². The van der Waals surface area contributed by atoms with E-state index in [0.29, 0.717) is 43.6 Å². The van der Waals surface area contributed by atoms with Crippen molar-refractivity contribution in [3.05, 3.63) is 102 Å². The van der Waals surface area contributed by atoms with Crippen molar-refractivity contribution in [2.45, 2.75) is 6.54 Å². The number of benzene rings is 4. The van der Waals surface area contributed by atoms with Gasteiger partial charge in [0.25, 0.3) is 0 Å². The number of ether oxygens (including phenoxy) is 1. The Morgan fingerprint density at radius 3 is 2.42 bits per heavy atom. The SMILES string of the molecule is CN(CCOc1ccc2nc(-c3ccc(-c4ccccc4)cc3)nc(Nc3ccc4c(c3)C=NC4)c2c1)CC(=O)N(C)C. The number of nitrogens with zero attached hydrogens (tertiary/aromatic N) is 5. The third-order valence-corrected chi connectivity index (χ3v) is 7.46. The lowest BCUT2D eigenvalue weighted by Gasteiger charge is -2.19. The van der Waals surface area contributed by atoms with Crippen LogP contribution >= 0.6 is 0 Å². The second-order valence-corrected chi connectivity index (χ2v) is 10.9. The maximum Gasteiger partial charge on any atom is 0.236 e. The van der Waals surface area contributed by atoms with Crippen LogP contribution in [0.3, 0.4) is 0 Å². The van der Waals surface area contributed by atoms with Crippen molar-refractivity contribution in [3.63, 3.8) is 0 Å². The monoisotopic (exact) mass is 570 g/mol. The van der Waals surface area contributed by atoms with E-state index < -0.39 is 0 Å². The number of aliphatic imine (C=N–C) groups is 1. The number of rotatable bonds is 10. The minimum Gasteiger partial charge on any atom is -0.492 e. The van der Waals surface area contributed by atoms with Crippen molar-refractivity contribution in [2.75, 3.05) is 46.2 Å². The predicted molar refractivity (Wildman–Crippen MR) is 173 cm³/mol. The summed E-state index contributed by atoms with van der Waals surface area (Å²) in [5, 5.41) is 4.39. The summed E-state index contributed by atoms with van der Waals surface area (Å²) in [5.41, 5.74) is 7.30. The number of carbonyl (C=O) groups excluding carboxylic acids is 1. The summed E-state index contributed by atoms with van der Waals surface area (Å²) in [7, 11) is 5.43. The number of carbonyl (C=O) groups is 1. The third kappa shape index (κ3) is 6.55. The fourth-order valence-corrected chi connectivity index (χ4v) is 4.95. The highest BCUT2D eigenvalue weighted by Crippen LogP contribution is 2.32. The molecule has 0 fully saturated rings. The molecule has 1 aliphatic rings. The fraction of sp³-hybridized carbons (Fsp3) is 0.200.